The molecule has 3 rings (SSSR count). The van der Waals surface area contributed by atoms with Gasteiger partial charge in [-0.15, -0.1) is 0 Å². The van der Waals surface area contributed by atoms with Crippen molar-refractivity contribution >= 4 is 23.0 Å². The quantitative estimate of drug-likeness (QED) is 0.488. The molecule has 0 aromatic heterocycles. The van der Waals surface area contributed by atoms with Gasteiger partial charge in [-0.2, -0.15) is 10.2 Å². The second-order valence-corrected chi connectivity index (χ2v) is 6.77. The molecule has 0 unspecified atom stereocenters. The van der Waals surface area contributed by atoms with Gasteiger partial charge in [0, 0.05) is 11.3 Å². The Labute approximate surface area is 165 Å². The summed E-state index contributed by atoms with van der Waals surface area (Å²) in [5.74, 6) is 0.932. The Morgan fingerprint density at radius 3 is 2.25 bits per heavy atom. The average molecular weight is 373 g/mol. The molecule has 5 nitrogen and oxygen atoms in total. The zero-order valence-electron chi connectivity index (χ0n) is 16.0. The van der Waals surface area contributed by atoms with E-state index in [2.05, 4.69) is 29.4 Å². The van der Waals surface area contributed by atoms with Crippen LogP contribution in [-0.4, -0.2) is 12.5 Å². The van der Waals surface area contributed by atoms with Crippen LogP contribution in [0.5, 0.6) is 5.75 Å². The molecule has 3 aromatic rings. The van der Waals surface area contributed by atoms with Gasteiger partial charge in [-0.1, -0.05) is 38.1 Å². The van der Waals surface area contributed by atoms with E-state index in [-0.39, 0.29) is 5.91 Å². The fourth-order valence-electron chi connectivity index (χ4n) is 2.41. The second kappa shape index (κ2) is 9.46. The van der Waals surface area contributed by atoms with Gasteiger partial charge < -0.3 is 10.1 Å². The largest absolute Gasteiger partial charge is 0.493 e. The van der Waals surface area contributed by atoms with Gasteiger partial charge in [0.25, 0.3) is 5.91 Å². The summed E-state index contributed by atoms with van der Waals surface area (Å²) >= 11 is 0. The van der Waals surface area contributed by atoms with E-state index in [9.17, 15) is 4.79 Å². The number of carbonyl (C=O) groups is 1. The first kappa shape index (κ1) is 19.3. The summed E-state index contributed by atoms with van der Waals surface area (Å²) in [7, 11) is 0. The molecule has 0 bridgehead atoms. The van der Waals surface area contributed by atoms with E-state index in [1.54, 1.807) is 24.3 Å². The minimum absolute atomic E-state index is 0.186. The minimum atomic E-state index is -0.186. The molecule has 0 radical (unpaired) electrons. The average Bonchev–Trinajstić information content (AvgIpc) is 2.73. The van der Waals surface area contributed by atoms with Crippen LogP contribution < -0.4 is 10.1 Å². The number of carbonyl (C=O) groups excluding carboxylic acids is 1. The zero-order valence-corrected chi connectivity index (χ0v) is 16.0. The number of nitrogens with one attached hydrogen (secondary N) is 1. The lowest BCUT2D eigenvalue weighted by Crippen LogP contribution is -2.12. The molecule has 0 heterocycles. The molecule has 3 aromatic carbocycles. The van der Waals surface area contributed by atoms with Crippen LogP contribution in [0.4, 0.5) is 17.1 Å². The number of nitrogens with zero attached hydrogens (tertiary/aromatic N) is 2. The van der Waals surface area contributed by atoms with Gasteiger partial charge in [0.05, 0.1) is 18.0 Å². The Balaban J connectivity index is 1.61. The van der Waals surface area contributed by atoms with Crippen molar-refractivity contribution in [3.8, 4) is 5.75 Å². The smallest absolute Gasteiger partial charge is 0.255 e. The first-order chi connectivity index (χ1) is 13.6. The van der Waals surface area contributed by atoms with Crippen LogP contribution in [0.15, 0.2) is 89.1 Å². The van der Waals surface area contributed by atoms with Crippen LogP contribution in [0.25, 0.3) is 0 Å². The maximum absolute atomic E-state index is 12.5. The Bertz CT molecular complexity index is 936. The minimum Gasteiger partial charge on any atom is -0.493 e. The number of ether oxygens (including phenoxy) is 1. The number of rotatable bonds is 7. The fourth-order valence-corrected chi connectivity index (χ4v) is 2.41. The Kier molecular flexibility index (Phi) is 6.52. The molecular weight excluding hydrogens is 350 g/mol. The Morgan fingerprint density at radius 2 is 1.57 bits per heavy atom. The summed E-state index contributed by atoms with van der Waals surface area (Å²) in [6.45, 7) is 4.78. The van der Waals surface area contributed by atoms with Crippen molar-refractivity contribution in [1.82, 2.24) is 0 Å². The van der Waals surface area contributed by atoms with E-state index >= 15 is 0 Å². The van der Waals surface area contributed by atoms with Crippen molar-refractivity contribution in [2.24, 2.45) is 16.1 Å². The lowest BCUT2D eigenvalue weighted by atomic mass is 10.2. The maximum atomic E-state index is 12.5. The molecule has 0 aliphatic heterocycles. The number of benzene rings is 3. The normalized spacial score (nSPS) is 11.0. The Morgan fingerprint density at radius 1 is 0.893 bits per heavy atom. The predicted molar refractivity (Wildman–Crippen MR) is 112 cm³/mol. The van der Waals surface area contributed by atoms with Crippen molar-refractivity contribution in [2.45, 2.75) is 13.8 Å². The van der Waals surface area contributed by atoms with Crippen LogP contribution >= 0.6 is 0 Å². The lowest BCUT2D eigenvalue weighted by molar-refractivity contribution is 0.102. The Hall–Kier alpha value is -3.47. The van der Waals surface area contributed by atoms with E-state index in [0.29, 0.717) is 35.2 Å². The molecular formula is C23H23N3O2. The van der Waals surface area contributed by atoms with E-state index < -0.39 is 0 Å². The molecule has 0 aliphatic carbocycles. The molecule has 0 aliphatic rings. The zero-order chi connectivity index (χ0) is 19.8. The van der Waals surface area contributed by atoms with Crippen LogP contribution in [0.2, 0.25) is 0 Å². The highest BCUT2D eigenvalue weighted by Gasteiger charge is 2.08. The van der Waals surface area contributed by atoms with Gasteiger partial charge >= 0.3 is 0 Å². The maximum Gasteiger partial charge on any atom is 0.255 e. The third-order valence-electron chi connectivity index (χ3n) is 3.84. The molecule has 28 heavy (non-hydrogen) atoms. The molecule has 5 heteroatoms. The van der Waals surface area contributed by atoms with Crippen molar-refractivity contribution in [3.63, 3.8) is 0 Å². The number of azo groups is 1. The summed E-state index contributed by atoms with van der Waals surface area (Å²) in [6.07, 6.45) is 0. The summed E-state index contributed by atoms with van der Waals surface area (Å²) < 4.78 is 5.68. The topological polar surface area (TPSA) is 63.0 Å². The van der Waals surface area contributed by atoms with Crippen LogP contribution in [-0.2, 0) is 0 Å². The number of amides is 1. The van der Waals surface area contributed by atoms with Crippen LogP contribution in [0.1, 0.15) is 24.2 Å². The molecule has 0 saturated heterocycles. The van der Waals surface area contributed by atoms with Gasteiger partial charge in [-0.3, -0.25) is 4.79 Å². The number of hydrogen-bond donors (Lipinski definition) is 1. The third kappa shape index (κ3) is 5.77. The first-order valence-corrected chi connectivity index (χ1v) is 9.21. The molecule has 1 N–H and O–H groups in total. The molecule has 0 atom stereocenters. The highest BCUT2D eigenvalue weighted by Crippen LogP contribution is 2.21. The first-order valence-electron chi connectivity index (χ1n) is 9.21. The van der Waals surface area contributed by atoms with Crippen LogP contribution in [0, 0.1) is 5.92 Å². The van der Waals surface area contributed by atoms with E-state index in [4.69, 9.17) is 4.74 Å². The number of hydrogen-bond acceptors (Lipinski definition) is 4. The molecule has 0 fully saturated rings. The lowest BCUT2D eigenvalue weighted by Gasteiger charge is -2.10. The van der Waals surface area contributed by atoms with Gasteiger partial charge in [0.2, 0.25) is 0 Å². The van der Waals surface area contributed by atoms with Crippen LogP contribution in [0.3, 0.4) is 0 Å². The number of anilines is 1. The predicted octanol–water partition coefficient (Wildman–Crippen LogP) is 6.39. The summed E-state index contributed by atoms with van der Waals surface area (Å²) in [6, 6.07) is 23.9. The van der Waals surface area contributed by atoms with Gasteiger partial charge in [0.15, 0.2) is 0 Å². The highest BCUT2D eigenvalue weighted by atomic mass is 16.5. The van der Waals surface area contributed by atoms with Crippen molar-refractivity contribution in [3.05, 3.63) is 84.4 Å². The van der Waals surface area contributed by atoms with Crippen molar-refractivity contribution in [1.29, 1.82) is 0 Å². The molecule has 142 valence electrons. The monoisotopic (exact) mass is 373 g/mol. The van der Waals surface area contributed by atoms with Gasteiger partial charge in [-0.25, -0.2) is 0 Å². The second-order valence-electron chi connectivity index (χ2n) is 6.77. The van der Waals surface area contributed by atoms with Crippen molar-refractivity contribution < 1.29 is 9.53 Å². The van der Waals surface area contributed by atoms with Gasteiger partial charge in [-0.05, 0) is 60.5 Å². The third-order valence-corrected chi connectivity index (χ3v) is 3.84. The van der Waals surface area contributed by atoms with E-state index in [1.807, 2.05) is 54.6 Å². The SMILES string of the molecule is CC(C)COc1cccc(C(=O)Nc2ccc(N=Nc3ccccc3)cc2)c1. The fraction of sp³-hybridized carbons (Fsp3) is 0.174. The van der Waals surface area contributed by atoms with Gasteiger partial charge in [0.1, 0.15) is 5.75 Å². The highest BCUT2D eigenvalue weighted by molar-refractivity contribution is 6.04. The standard InChI is InChI=1S/C23H23N3O2/c1-17(2)16-28-22-10-6-7-18(15-22)23(27)24-19-11-13-21(14-12-19)26-25-20-8-4-3-5-9-20/h3-15,17H,16H2,1-2H3,(H,24,27). The molecule has 1 amide bonds. The summed E-state index contributed by atoms with van der Waals surface area (Å²) in [5, 5.41) is 11.3. The van der Waals surface area contributed by atoms with Crippen molar-refractivity contribution in [2.75, 3.05) is 11.9 Å². The molecule has 0 spiro atoms. The summed E-state index contributed by atoms with van der Waals surface area (Å²) in [4.78, 5) is 12.5. The summed E-state index contributed by atoms with van der Waals surface area (Å²) in [5.41, 5.74) is 2.75. The molecule has 0 saturated carbocycles. The van der Waals surface area contributed by atoms with E-state index in [0.717, 1.165) is 5.69 Å². The van der Waals surface area contributed by atoms with E-state index in [1.165, 1.54) is 0 Å².